The highest BCUT2D eigenvalue weighted by atomic mass is 35.5. The maximum Gasteiger partial charge on any atom is 0.0834 e. The molecule has 0 amide bonds. The minimum atomic E-state index is 0.0282. The van der Waals surface area contributed by atoms with E-state index in [1.807, 2.05) is 7.05 Å². The second-order valence-corrected chi connectivity index (χ2v) is 6.58. The molecule has 2 heterocycles. The fourth-order valence-corrected chi connectivity index (χ4v) is 3.60. The molecule has 0 aliphatic carbocycles. The summed E-state index contributed by atoms with van der Waals surface area (Å²) in [5, 5.41) is 8.68. The summed E-state index contributed by atoms with van der Waals surface area (Å²) in [6.07, 6.45) is 5.42. The molecule has 0 aromatic carbocycles. The van der Waals surface area contributed by atoms with Crippen molar-refractivity contribution in [2.75, 3.05) is 20.1 Å². The summed E-state index contributed by atoms with van der Waals surface area (Å²) in [6.45, 7) is 10.0. The molecule has 114 valence electrons. The highest BCUT2D eigenvalue weighted by molar-refractivity contribution is 6.31. The molecule has 1 aromatic heterocycles. The quantitative estimate of drug-likeness (QED) is 0.876. The van der Waals surface area contributed by atoms with Gasteiger partial charge in [-0.15, -0.1) is 0 Å². The molecule has 1 atom stereocenters. The lowest BCUT2D eigenvalue weighted by molar-refractivity contribution is 0.106. The summed E-state index contributed by atoms with van der Waals surface area (Å²) < 4.78 is 2.06. The number of halogens is 1. The van der Waals surface area contributed by atoms with Crippen LogP contribution in [0.1, 0.15) is 51.8 Å². The van der Waals surface area contributed by atoms with Crippen LogP contribution < -0.4 is 5.32 Å². The summed E-state index contributed by atoms with van der Waals surface area (Å²) in [6, 6.07) is 0.183. The van der Waals surface area contributed by atoms with Gasteiger partial charge >= 0.3 is 0 Å². The maximum atomic E-state index is 6.43. The Kier molecular flexibility index (Phi) is 5.10. The van der Waals surface area contributed by atoms with Crippen molar-refractivity contribution in [3.8, 4) is 0 Å². The Morgan fingerprint density at radius 2 is 2.05 bits per heavy atom. The minimum absolute atomic E-state index is 0.0282. The third-order valence-corrected chi connectivity index (χ3v) is 4.75. The molecule has 1 aromatic rings. The first-order valence-corrected chi connectivity index (χ1v) is 8.03. The van der Waals surface area contributed by atoms with Gasteiger partial charge in [0, 0.05) is 12.1 Å². The van der Waals surface area contributed by atoms with Gasteiger partial charge in [-0.3, -0.25) is 9.58 Å². The van der Waals surface area contributed by atoms with E-state index in [0.717, 1.165) is 23.7 Å². The third kappa shape index (κ3) is 2.87. The maximum absolute atomic E-state index is 6.43. The van der Waals surface area contributed by atoms with Gasteiger partial charge in [0.2, 0.25) is 0 Å². The molecular formula is C15H27ClN4. The topological polar surface area (TPSA) is 33.1 Å². The largest absolute Gasteiger partial charge is 0.310 e. The second kappa shape index (κ2) is 6.46. The summed E-state index contributed by atoms with van der Waals surface area (Å²) >= 11 is 6.43. The van der Waals surface area contributed by atoms with Gasteiger partial charge < -0.3 is 5.32 Å². The van der Waals surface area contributed by atoms with Crippen LogP contribution >= 0.6 is 11.6 Å². The van der Waals surface area contributed by atoms with Gasteiger partial charge in [0.25, 0.3) is 0 Å². The number of nitrogens with zero attached hydrogens (tertiary/aromatic N) is 3. The minimum Gasteiger partial charge on any atom is -0.310 e. The highest BCUT2D eigenvalue weighted by Crippen LogP contribution is 2.36. The molecule has 1 fully saturated rings. The molecule has 0 saturated carbocycles. The van der Waals surface area contributed by atoms with Crippen molar-refractivity contribution in [2.45, 2.75) is 58.2 Å². The van der Waals surface area contributed by atoms with E-state index in [0.29, 0.717) is 0 Å². The molecule has 0 radical (unpaired) electrons. The van der Waals surface area contributed by atoms with Gasteiger partial charge in [0.05, 0.1) is 23.0 Å². The molecule has 0 bridgehead atoms. The lowest BCUT2D eigenvalue weighted by Gasteiger charge is -2.42. The number of rotatable bonds is 6. The highest BCUT2D eigenvalue weighted by Gasteiger charge is 2.39. The van der Waals surface area contributed by atoms with Crippen molar-refractivity contribution < 1.29 is 0 Å². The van der Waals surface area contributed by atoms with Crippen LogP contribution in [0.15, 0.2) is 6.20 Å². The van der Waals surface area contributed by atoms with Crippen LogP contribution in [0.5, 0.6) is 0 Å². The van der Waals surface area contributed by atoms with Gasteiger partial charge in [-0.05, 0) is 53.2 Å². The van der Waals surface area contributed by atoms with Crippen molar-refractivity contribution >= 4 is 11.6 Å². The molecule has 20 heavy (non-hydrogen) atoms. The Bertz CT molecular complexity index is 435. The monoisotopic (exact) mass is 298 g/mol. The molecule has 4 nitrogen and oxygen atoms in total. The number of likely N-dealkylation sites (N-methyl/N-ethyl adjacent to an activating group) is 1. The van der Waals surface area contributed by atoms with Crippen LogP contribution in [0.3, 0.4) is 0 Å². The number of aromatic nitrogens is 2. The predicted octanol–water partition coefficient (Wildman–Crippen LogP) is 3.08. The van der Waals surface area contributed by atoms with Gasteiger partial charge in [-0.1, -0.05) is 18.5 Å². The van der Waals surface area contributed by atoms with E-state index >= 15 is 0 Å². The number of likely N-dealkylation sites (tertiary alicyclic amines) is 1. The Hall–Kier alpha value is -0.580. The van der Waals surface area contributed by atoms with E-state index < -0.39 is 0 Å². The molecule has 1 aliphatic heterocycles. The van der Waals surface area contributed by atoms with Gasteiger partial charge in [0.1, 0.15) is 0 Å². The molecule has 0 spiro atoms. The zero-order valence-electron chi connectivity index (χ0n) is 13.1. The lowest BCUT2D eigenvalue weighted by Crippen LogP contribution is -2.51. The van der Waals surface area contributed by atoms with Crippen LogP contribution in [-0.4, -0.2) is 40.4 Å². The summed E-state index contributed by atoms with van der Waals surface area (Å²) in [7, 11) is 2.02. The Morgan fingerprint density at radius 3 is 2.60 bits per heavy atom. The van der Waals surface area contributed by atoms with Crippen molar-refractivity contribution in [1.29, 1.82) is 0 Å². The van der Waals surface area contributed by atoms with Crippen LogP contribution in [0, 0.1) is 0 Å². The van der Waals surface area contributed by atoms with E-state index in [9.17, 15) is 0 Å². The van der Waals surface area contributed by atoms with Crippen LogP contribution in [0.2, 0.25) is 5.02 Å². The standard InChI is InChI=1S/C15H27ClN4/c1-5-8-20-13(12(16)11-18-20)14(17-4)15(2,3)19-9-6-7-10-19/h11,14,17H,5-10H2,1-4H3. The van der Waals surface area contributed by atoms with Gasteiger partial charge in [-0.2, -0.15) is 5.10 Å². The summed E-state index contributed by atoms with van der Waals surface area (Å²) in [4.78, 5) is 2.56. The van der Waals surface area contributed by atoms with Crippen molar-refractivity contribution in [1.82, 2.24) is 20.0 Å². The summed E-state index contributed by atoms with van der Waals surface area (Å²) in [5.41, 5.74) is 1.15. The van der Waals surface area contributed by atoms with Crippen molar-refractivity contribution in [3.63, 3.8) is 0 Å². The zero-order valence-corrected chi connectivity index (χ0v) is 13.9. The second-order valence-electron chi connectivity index (χ2n) is 6.17. The van der Waals surface area contributed by atoms with Crippen LogP contribution in [-0.2, 0) is 6.54 Å². The average molecular weight is 299 g/mol. The summed E-state index contributed by atoms with van der Waals surface area (Å²) in [5.74, 6) is 0. The Morgan fingerprint density at radius 1 is 1.40 bits per heavy atom. The van der Waals surface area contributed by atoms with Crippen LogP contribution in [0.4, 0.5) is 0 Å². The van der Waals surface area contributed by atoms with E-state index in [1.165, 1.54) is 25.9 Å². The Balaban J connectivity index is 2.33. The van der Waals surface area contributed by atoms with Gasteiger partial charge in [0.15, 0.2) is 0 Å². The molecule has 1 N–H and O–H groups in total. The first-order chi connectivity index (χ1) is 9.52. The smallest absolute Gasteiger partial charge is 0.0834 e. The van der Waals surface area contributed by atoms with E-state index in [2.05, 4.69) is 40.8 Å². The third-order valence-electron chi connectivity index (χ3n) is 4.46. The van der Waals surface area contributed by atoms with E-state index in [1.54, 1.807) is 6.20 Å². The molecule has 2 rings (SSSR count). The van der Waals surface area contributed by atoms with Gasteiger partial charge in [-0.25, -0.2) is 0 Å². The van der Waals surface area contributed by atoms with Crippen molar-refractivity contribution in [2.24, 2.45) is 0 Å². The number of aryl methyl sites for hydroxylation is 1. The number of hydrogen-bond acceptors (Lipinski definition) is 3. The fraction of sp³-hybridized carbons (Fsp3) is 0.800. The predicted molar refractivity (Wildman–Crippen MR) is 84.2 cm³/mol. The molecule has 1 aliphatic rings. The van der Waals surface area contributed by atoms with Crippen LogP contribution in [0.25, 0.3) is 0 Å². The zero-order chi connectivity index (χ0) is 14.8. The normalized spacial score (nSPS) is 18.6. The number of nitrogens with one attached hydrogen (secondary N) is 1. The van der Waals surface area contributed by atoms with E-state index in [-0.39, 0.29) is 11.6 Å². The lowest BCUT2D eigenvalue weighted by atomic mass is 9.90. The fourth-order valence-electron chi connectivity index (χ4n) is 3.35. The number of hydrogen-bond donors (Lipinski definition) is 1. The molecule has 1 saturated heterocycles. The Labute approximate surface area is 127 Å². The SMILES string of the molecule is CCCn1ncc(Cl)c1C(NC)C(C)(C)N1CCCC1. The van der Waals surface area contributed by atoms with E-state index in [4.69, 9.17) is 11.6 Å². The average Bonchev–Trinajstić information content (AvgIpc) is 3.04. The van der Waals surface area contributed by atoms with Crippen molar-refractivity contribution in [3.05, 3.63) is 16.9 Å². The molecular weight excluding hydrogens is 272 g/mol. The molecule has 1 unspecified atom stereocenters. The first-order valence-electron chi connectivity index (χ1n) is 7.65. The first kappa shape index (κ1) is 15.8. The molecule has 5 heteroatoms.